The first-order chi connectivity index (χ1) is 11.2. The van der Waals surface area contributed by atoms with Gasteiger partial charge in [-0.2, -0.15) is 0 Å². The number of hydrogen-bond donors (Lipinski definition) is 1. The lowest BCUT2D eigenvalue weighted by molar-refractivity contribution is -0.122. The molecule has 6 heteroatoms. The van der Waals surface area contributed by atoms with Crippen molar-refractivity contribution in [1.82, 2.24) is 10.2 Å². The molecule has 1 amide bonds. The topological polar surface area (TPSA) is 54.7 Å². The minimum absolute atomic E-state index is 0.132. The predicted octanol–water partition coefficient (Wildman–Crippen LogP) is 2.92. The highest BCUT2D eigenvalue weighted by molar-refractivity contribution is 7.80. The van der Waals surface area contributed by atoms with Gasteiger partial charge in [0.1, 0.15) is 17.0 Å². The number of nitrogens with zero attached hydrogens (tertiary/aromatic N) is 1. The van der Waals surface area contributed by atoms with Crippen molar-refractivity contribution in [3.63, 3.8) is 0 Å². The molecule has 1 N–H and O–H groups in total. The Balaban J connectivity index is 1.73. The molecule has 0 bridgehead atoms. The van der Waals surface area contributed by atoms with E-state index in [9.17, 15) is 4.79 Å². The van der Waals surface area contributed by atoms with Gasteiger partial charge in [0, 0.05) is 31.2 Å². The van der Waals surface area contributed by atoms with Crippen molar-refractivity contribution in [2.75, 3.05) is 19.8 Å². The first kappa shape index (κ1) is 15.7. The van der Waals surface area contributed by atoms with Crippen LogP contribution in [0.1, 0.15) is 19.1 Å². The van der Waals surface area contributed by atoms with Crippen LogP contribution in [0.5, 0.6) is 0 Å². The van der Waals surface area contributed by atoms with Crippen LogP contribution in [0.15, 0.2) is 40.4 Å². The third-order valence-electron chi connectivity index (χ3n) is 3.57. The van der Waals surface area contributed by atoms with E-state index in [0.29, 0.717) is 36.3 Å². The molecule has 23 heavy (non-hydrogen) atoms. The number of thiocarbonyl (C=S) groups is 1. The summed E-state index contributed by atoms with van der Waals surface area (Å²) < 4.78 is 11.0. The highest BCUT2D eigenvalue weighted by atomic mass is 32.1. The molecule has 0 unspecified atom stereocenters. The summed E-state index contributed by atoms with van der Waals surface area (Å²) in [6.07, 6.45) is 2.44. The van der Waals surface area contributed by atoms with Gasteiger partial charge < -0.3 is 14.5 Å². The fourth-order valence-electron chi connectivity index (χ4n) is 2.46. The lowest BCUT2D eigenvalue weighted by Gasteiger charge is -2.13. The molecule has 1 aromatic heterocycles. The first-order valence-corrected chi connectivity index (χ1v) is 8.00. The van der Waals surface area contributed by atoms with Crippen LogP contribution in [-0.4, -0.2) is 35.7 Å². The summed E-state index contributed by atoms with van der Waals surface area (Å²) in [6, 6.07) is 9.62. The molecule has 0 aliphatic carbocycles. The number of furan rings is 1. The number of fused-ring (bicyclic) bond motifs is 1. The number of ether oxygens (including phenoxy) is 1. The van der Waals surface area contributed by atoms with E-state index in [0.717, 1.165) is 17.4 Å². The molecule has 2 aromatic rings. The molecule has 1 saturated heterocycles. The minimum atomic E-state index is -0.132. The summed E-state index contributed by atoms with van der Waals surface area (Å²) >= 11 is 5.23. The van der Waals surface area contributed by atoms with Gasteiger partial charge in [0.15, 0.2) is 5.11 Å². The standard InChI is InChI=1S/C17H18N2O3S/c1-2-21-9-5-8-19-16(20)14(18-17(19)23)11-13-10-12-6-3-4-7-15(12)22-13/h3-4,6-7,10-11H,2,5,8-9H2,1H3,(H,18,23). The molecule has 0 radical (unpaired) electrons. The zero-order valence-corrected chi connectivity index (χ0v) is 13.7. The minimum Gasteiger partial charge on any atom is -0.457 e. The molecule has 1 aliphatic heterocycles. The van der Waals surface area contributed by atoms with E-state index in [2.05, 4.69) is 5.32 Å². The summed E-state index contributed by atoms with van der Waals surface area (Å²) in [4.78, 5) is 14.0. The van der Waals surface area contributed by atoms with Gasteiger partial charge in [-0.25, -0.2) is 0 Å². The maximum atomic E-state index is 12.4. The SMILES string of the molecule is CCOCCCN1C(=O)C(=Cc2cc3ccccc3o2)NC1=S. The van der Waals surface area contributed by atoms with Crippen molar-refractivity contribution in [3.8, 4) is 0 Å². The van der Waals surface area contributed by atoms with Crippen molar-refractivity contribution in [2.24, 2.45) is 0 Å². The Hall–Kier alpha value is -2.18. The maximum Gasteiger partial charge on any atom is 0.276 e. The number of rotatable bonds is 6. The van der Waals surface area contributed by atoms with Crippen LogP contribution >= 0.6 is 12.2 Å². The normalized spacial score (nSPS) is 16.6. The van der Waals surface area contributed by atoms with Crippen LogP contribution in [-0.2, 0) is 9.53 Å². The van der Waals surface area contributed by atoms with Crippen molar-refractivity contribution in [1.29, 1.82) is 0 Å². The lowest BCUT2D eigenvalue weighted by Crippen LogP contribution is -2.32. The van der Waals surface area contributed by atoms with Gasteiger partial charge in [-0.15, -0.1) is 0 Å². The monoisotopic (exact) mass is 330 g/mol. The molecule has 2 heterocycles. The predicted molar refractivity (Wildman–Crippen MR) is 92.7 cm³/mol. The van der Waals surface area contributed by atoms with Crippen LogP contribution in [0.4, 0.5) is 0 Å². The van der Waals surface area contributed by atoms with E-state index in [1.807, 2.05) is 37.3 Å². The van der Waals surface area contributed by atoms with Crippen molar-refractivity contribution < 1.29 is 13.9 Å². The second-order valence-corrected chi connectivity index (χ2v) is 5.57. The average molecular weight is 330 g/mol. The fourth-order valence-corrected chi connectivity index (χ4v) is 2.74. The zero-order chi connectivity index (χ0) is 16.2. The number of amides is 1. The Morgan fingerprint density at radius 3 is 3.00 bits per heavy atom. The van der Waals surface area contributed by atoms with Crippen LogP contribution in [0.3, 0.4) is 0 Å². The van der Waals surface area contributed by atoms with Gasteiger partial charge in [-0.3, -0.25) is 9.69 Å². The Morgan fingerprint density at radius 1 is 1.39 bits per heavy atom. The molecule has 0 spiro atoms. The Morgan fingerprint density at radius 2 is 2.22 bits per heavy atom. The molecule has 5 nitrogen and oxygen atoms in total. The molecule has 0 atom stereocenters. The van der Waals surface area contributed by atoms with E-state index >= 15 is 0 Å². The van der Waals surface area contributed by atoms with E-state index in [1.54, 1.807) is 11.0 Å². The molecule has 1 fully saturated rings. The number of carbonyl (C=O) groups is 1. The van der Waals surface area contributed by atoms with E-state index in [1.165, 1.54) is 0 Å². The van der Waals surface area contributed by atoms with Crippen LogP contribution in [0.2, 0.25) is 0 Å². The number of para-hydroxylation sites is 1. The number of benzene rings is 1. The largest absolute Gasteiger partial charge is 0.457 e. The van der Waals surface area contributed by atoms with Crippen LogP contribution < -0.4 is 5.32 Å². The zero-order valence-electron chi connectivity index (χ0n) is 12.9. The first-order valence-electron chi connectivity index (χ1n) is 7.60. The van der Waals surface area contributed by atoms with Gasteiger partial charge in [0.05, 0.1) is 0 Å². The fraction of sp³-hybridized carbons (Fsp3) is 0.294. The summed E-state index contributed by atoms with van der Waals surface area (Å²) in [7, 11) is 0. The Labute approximate surface area is 139 Å². The van der Waals surface area contributed by atoms with Gasteiger partial charge in [0.25, 0.3) is 5.91 Å². The van der Waals surface area contributed by atoms with E-state index in [-0.39, 0.29) is 5.91 Å². The number of nitrogens with one attached hydrogen (secondary N) is 1. The van der Waals surface area contributed by atoms with E-state index < -0.39 is 0 Å². The van der Waals surface area contributed by atoms with Crippen LogP contribution in [0.25, 0.3) is 17.0 Å². The number of hydrogen-bond acceptors (Lipinski definition) is 4. The van der Waals surface area contributed by atoms with Gasteiger partial charge in [0.2, 0.25) is 0 Å². The third-order valence-corrected chi connectivity index (χ3v) is 3.89. The third kappa shape index (κ3) is 3.43. The Kier molecular flexibility index (Phi) is 4.73. The Bertz CT molecular complexity index is 733. The van der Waals surface area contributed by atoms with Crippen molar-refractivity contribution >= 4 is 40.3 Å². The summed E-state index contributed by atoms with van der Waals surface area (Å²) in [5, 5.41) is 4.38. The molecular formula is C17H18N2O3S. The molecule has 3 rings (SSSR count). The highest BCUT2D eigenvalue weighted by Gasteiger charge is 2.30. The molecule has 120 valence electrons. The van der Waals surface area contributed by atoms with Gasteiger partial charge in [-0.1, -0.05) is 18.2 Å². The molecule has 0 saturated carbocycles. The number of carbonyl (C=O) groups excluding carboxylic acids is 1. The summed E-state index contributed by atoms with van der Waals surface area (Å²) in [5.41, 5.74) is 1.23. The van der Waals surface area contributed by atoms with Crippen LogP contribution in [0, 0.1) is 0 Å². The van der Waals surface area contributed by atoms with Gasteiger partial charge in [-0.05, 0) is 37.7 Å². The van der Waals surface area contributed by atoms with Crippen molar-refractivity contribution in [2.45, 2.75) is 13.3 Å². The smallest absolute Gasteiger partial charge is 0.276 e. The summed E-state index contributed by atoms with van der Waals surface area (Å²) in [5.74, 6) is 0.493. The van der Waals surface area contributed by atoms with E-state index in [4.69, 9.17) is 21.4 Å². The molecular weight excluding hydrogens is 312 g/mol. The molecule has 1 aliphatic rings. The quantitative estimate of drug-likeness (QED) is 0.501. The van der Waals surface area contributed by atoms with Crippen molar-refractivity contribution in [3.05, 3.63) is 41.8 Å². The second-order valence-electron chi connectivity index (χ2n) is 5.18. The maximum absolute atomic E-state index is 12.4. The summed E-state index contributed by atoms with van der Waals surface area (Å²) in [6.45, 7) is 3.78. The highest BCUT2D eigenvalue weighted by Crippen LogP contribution is 2.22. The second kappa shape index (κ2) is 6.93. The van der Waals surface area contributed by atoms with Gasteiger partial charge >= 0.3 is 0 Å². The average Bonchev–Trinajstić information content (AvgIpc) is 3.06. The molecule has 1 aromatic carbocycles. The lowest BCUT2D eigenvalue weighted by atomic mass is 10.2.